The maximum Gasteiger partial charge on any atom is 0.339 e. The van der Waals surface area contributed by atoms with Gasteiger partial charge in [-0.2, -0.15) is 0 Å². The monoisotopic (exact) mass is 427 g/mol. The Morgan fingerprint density at radius 3 is 2.50 bits per heavy atom. The number of fused-ring (bicyclic) bond motifs is 1. The molecule has 0 saturated carbocycles. The molecule has 2 aliphatic rings. The molecule has 1 atom stereocenters. The number of cyclic esters (lactones) is 1. The van der Waals surface area contributed by atoms with Crippen LogP contribution in [0.15, 0.2) is 48.5 Å². The van der Waals surface area contributed by atoms with Crippen molar-refractivity contribution < 1.29 is 19.1 Å². The number of anilines is 1. The first-order chi connectivity index (χ1) is 14.5. The number of carbonyl (C=O) groups is 3. The van der Waals surface area contributed by atoms with E-state index in [0.717, 1.165) is 5.56 Å². The van der Waals surface area contributed by atoms with E-state index in [4.69, 9.17) is 16.3 Å². The lowest BCUT2D eigenvalue weighted by Gasteiger charge is -2.34. The van der Waals surface area contributed by atoms with E-state index < -0.39 is 6.10 Å². The molecule has 1 N–H and O–H groups in total. The summed E-state index contributed by atoms with van der Waals surface area (Å²) in [5.41, 5.74) is 1.89. The maximum absolute atomic E-state index is 12.7. The summed E-state index contributed by atoms with van der Waals surface area (Å²) in [5, 5.41) is 3.31. The average molecular weight is 428 g/mol. The SMILES string of the molecule is O=C(CN1CCN(C(=O)CC2OC(=O)c3ccccc32)CC1)Nc1ccccc1Cl. The van der Waals surface area contributed by atoms with Crippen LogP contribution in [0.1, 0.15) is 28.4 Å². The predicted octanol–water partition coefficient (Wildman–Crippen LogP) is 2.72. The molecule has 8 heteroatoms. The molecule has 0 radical (unpaired) electrons. The van der Waals surface area contributed by atoms with Gasteiger partial charge in [-0.05, 0) is 18.2 Å². The Kier molecular flexibility index (Phi) is 6.01. The number of hydrogen-bond donors (Lipinski definition) is 1. The Labute approximate surface area is 179 Å². The number of nitrogens with zero attached hydrogens (tertiary/aromatic N) is 2. The molecule has 4 rings (SSSR count). The minimum Gasteiger partial charge on any atom is -0.453 e. The first kappa shape index (κ1) is 20.4. The number of carbonyl (C=O) groups excluding carboxylic acids is 3. The summed E-state index contributed by atoms with van der Waals surface area (Å²) in [7, 11) is 0. The summed E-state index contributed by atoms with van der Waals surface area (Å²) < 4.78 is 5.37. The van der Waals surface area contributed by atoms with Crippen LogP contribution in [0.4, 0.5) is 5.69 Å². The van der Waals surface area contributed by atoms with Crippen molar-refractivity contribution in [2.75, 3.05) is 38.0 Å². The van der Waals surface area contributed by atoms with Crippen molar-refractivity contribution in [3.63, 3.8) is 0 Å². The number of esters is 1. The molecule has 2 amide bonds. The van der Waals surface area contributed by atoms with E-state index in [0.29, 0.717) is 42.5 Å². The summed E-state index contributed by atoms with van der Waals surface area (Å²) in [5.74, 6) is -0.570. The quantitative estimate of drug-likeness (QED) is 0.742. The van der Waals surface area contributed by atoms with Crippen molar-refractivity contribution in [1.82, 2.24) is 9.80 Å². The lowest BCUT2D eigenvalue weighted by Crippen LogP contribution is -2.50. The lowest BCUT2D eigenvalue weighted by molar-refractivity contribution is -0.135. The van der Waals surface area contributed by atoms with Gasteiger partial charge in [0.25, 0.3) is 0 Å². The molecule has 2 aromatic rings. The number of ether oxygens (including phenoxy) is 1. The number of nitrogens with one attached hydrogen (secondary N) is 1. The van der Waals surface area contributed by atoms with Crippen molar-refractivity contribution >= 4 is 35.1 Å². The van der Waals surface area contributed by atoms with Crippen LogP contribution in [0, 0.1) is 0 Å². The van der Waals surface area contributed by atoms with E-state index in [1.54, 1.807) is 35.2 Å². The van der Waals surface area contributed by atoms with Gasteiger partial charge < -0.3 is 15.0 Å². The topological polar surface area (TPSA) is 79.0 Å². The minimum atomic E-state index is -0.527. The lowest BCUT2D eigenvalue weighted by atomic mass is 10.0. The number of hydrogen-bond acceptors (Lipinski definition) is 5. The normalized spacial score (nSPS) is 18.6. The van der Waals surface area contributed by atoms with E-state index in [-0.39, 0.29) is 30.7 Å². The number of piperazine rings is 1. The fourth-order valence-corrected chi connectivity index (χ4v) is 3.95. The molecule has 1 unspecified atom stereocenters. The Balaban J connectivity index is 1.25. The van der Waals surface area contributed by atoms with Gasteiger partial charge in [-0.15, -0.1) is 0 Å². The van der Waals surface area contributed by atoms with Gasteiger partial charge in [0.05, 0.1) is 29.2 Å². The van der Waals surface area contributed by atoms with Gasteiger partial charge >= 0.3 is 5.97 Å². The van der Waals surface area contributed by atoms with Crippen LogP contribution >= 0.6 is 11.6 Å². The van der Waals surface area contributed by atoms with E-state index in [2.05, 4.69) is 5.32 Å². The summed E-state index contributed by atoms with van der Waals surface area (Å²) in [6, 6.07) is 14.3. The molecule has 0 spiro atoms. The molecular formula is C22H22ClN3O4. The van der Waals surface area contributed by atoms with Gasteiger partial charge in [0.2, 0.25) is 11.8 Å². The molecule has 30 heavy (non-hydrogen) atoms. The molecule has 0 aromatic heterocycles. The molecule has 2 heterocycles. The standard InChI is InChI=1S/C22H22ClN3O4/c23-17-7-3-4-8-18(17)24-20(27)14-25-9-11-26(12-10-25)21(28)13-19-15-5-1-2-6-16(15)22(29)30-19/h1-8,19H,9-14H2,(H,24,27). The highest BCUT2D eigenvalue weighted by Crippen LogP contribution is 2.33. The third-order valence-corrected chi connectivity index (χ3v) is 5.71. The van der Waals surface area contributed by atoms with Crippen LogP contribution in [0.2, 0.25) is 5.02 Å². The van der Waals surface area contributed by atoms with Gasteiger partial charge in [0, 0.05) is 31.7 Å². The van der Waals surface area contributed by atoms with Crippen LogP contribution in [0.3, 0.4) is 0 Å². The van der Waals surface area contributed by atoms with Crippen LogP contribution in [-0.2, 0) is 14.3 Å². The molecule has 1 fully saturated rings. The number of amides is 2. The maximum atomic E-state index is 12.7. The highest BCUT2D eigenvalue weighted by molar-refractivity contribution is 6.33. The first-order valence-corrected chi connectivity index (χ1v) is 10.2. The first-order valence-electron chi connectivity index (χ1n) is 9.85. The fourth-order valence-electron chi connectivity index (χ4n) is 3.77. The third kappa shape index (κ3) is 4.47. The van der Waals surface area contributed by atoms with Crippen molar-refractivity contribution in [2.45, 2.75) is 12.5 Å². The smallest absolute Gasteiger partial charge is 0.339 e. The zero-order valence-corrected chi connectivity index (χ0v) is 17.1. The van der Waals surface area contributed by atoms with Crippen LogP contribution in [0.5, 0.6) is 0 Å². The second-order valence-electron chi connectivity index (χ2n) is 7.37. The molecule has 2 aliphatic heterocycles. The predicted molar refractivity (Wildman–Crippen MR) is 112 cm³/mol. The Morgan fingerprint density at radius 2 is 1.73 bits per heavy atom. The number of benzene rings is 2. The van der Waals surface area contributed by atoms with Crippen molar-refractivity contribution in [3.8, 4) is 0 Å². The molecule has 7 nitrogen and oxygen atoms in total. The van der Waals surface area contributed by atoms with Crippen LogP contribution < -0.4 is 5.32 Å². The molecule has 2 aromatic carbocycles. The molecular weight excluding hydrogens is 406 g/mol. The minimum absolute atomic E-state index is 0.0512. The van der Waals surface area contributed by atoms with E-state index >= 15 is 0 Å². The Hall–Kier alpha value is -2.90. The van der Waals surface area contributed by atoms with Gasteiger partial charge in [0.1, 0.15) is 6.10 Å². The Bertz CT molecular complexity index is 972. The second kappa shape index (κ2) is 8.85. The summed E-state index contributed by atoms with van der Waals surface area (Å²) in [4.78, 5) is 40.7. The van der Waals surface area contributed by atoms with E-state index in [1.165, 1.54) is 0 Å². The zero-order chi connectivity index (χ0) is 21.1. The van der Waals surface area contributed by atoms with E-state index in [1.807, 2.05) is 23.1 Å². The summed E-state index contributed by atoms with van der Waals surface area (Å²) in [6.45, 7) is 2.49. The van der Waals surface area contributed by atoms with Gasteiger partial charge in [-0.25, -0.2) is 4.79 Å². The second-order valence-corrected chi connectivity index (χ2v) is 7.78. The fraction of sp³-hybridized carbons (Fsp3) is 0.318. The highest BCUT2D eigenvalue weighted by Gasteiger charge is 2.34. The molecule has 0 bridgehead atoms. The van der Waals surface area contributed by atoms with Gasteiger partial charge in [-0.1, -0.05) is 41.9 Å². The largest absolute Gasteiger partial charge is 0.453 e. The molecule has 0 aliphatic carbocycles. The summed E-state index contributed by atoms with van der Waals surface area (Å²) >= 11 is 6.07. The van der Waals surface area contributed by atoms with Crippen molar-refractivity contribution in [2.24, 2.45) is 0 Å². The van der Waals surface area contributed by atoms with Gasteiger partial charge in [0.15, 0.2) is 0 Å². The van der Waals surface area contributed by atoms with Gasteiger partial charge in [-0.3, -0.25) is 14.5 Å². The van der Waals surface area contributed by atoms with Crippen LogP contribution in [-0.4, -0.2) is 60.3 Å². The van der Waals surface area contributed by atoms with E-state index in [9.17, 15) is 14.4 Å². The average Bonchev–Trinajstić information content (AvgIpc) is 3.06. The number of para-hydroxylation sites is 1. The van der Waals surface area contributed by atoms with Crippen LogP contribution in [0.25, 0.3) is 0 Å². The Morgan fingerprint density at radius 1 is 1.03 bits per heavy atom. The zero-order valence-electron chi connectivity index (χ0n) is 16.3. The number of rotatable bonds is 5. The molecule has 156 valence electrons. The number of halogens is 1. The molecule has 1 saturated heterocycles. The highest BCUT2D eigenvalue weighted by atomic mass is 35.5. The summed E-state index contributed by atoms with van der Waals surface area (Å²) in [6.07, 6.45) is -0.393. The van der Waals surface area contributed by atoms with Crippen molar-refractivity contribution in [1.29, 1.82) is 0 Å². The third-order valence-electron chi connectivity index (χ3n) is 5.38. The van der Waals surface area contributed by atoms with Crippen molar-refractivity contribution in [3.05, 3.63) is 64.7 Å².